The normalized spacial score (nSPS) is 10.2. The first-order valence-electron chi connectivity index (χ1n) is 7.45. The van der Waals surface area contributed by atoms with E-state index in [9.17, 15) is 9.90 Å². The molecule has 0 saturated carbocycles. The number of ether oxygens (including phenoxy) is 2. The Morgan fingerprint density at radius 1 is 0.760 bits per heavy atom. The Morgan fingerprint density at radius 2 is 1.32 bits per heavy atom. The number of rotatable bonds is 5. The zero-order valence-electron chi connectivity index (χ0n) is 13.2. The van der Waals surface area contributed by atoms with Crippen molar-refractivity contribution in [1.82, 2.24) is 0 Å². The summed E-state index contributed by atoms with van der Waals surface area (Å²) in [6.07, 6.45) is 0. The van der Waals surface area contributed by atoms with Crippen molar-refractivity contribution < 1.29 is 19.4 Å². The minimum absolute atomic E-state index is 0.0242. The van der Waals surface area contributed by atoms with Gasteiger partial charge in [0.25, 0.3) is 0 Å². The van der Waals surface area contributed by atoms with Crippen LogP contribution in [0.2, 0.25) is 0 Å². The molecule has 0 atom stereocenters. The van der Waals surface area contributed by atoms with Gasteiger partial charge in [-0.25, -0.2) is 4.79 Å². The summed E-state index contributed by atoms with van der Waals surface area (Å²) in [5.41, 5.74) is 12.5. The van der Waals surface area contributed by atoms with E-state index >= 15 is 0 Å². The Kier molecular flexibility index (Phi) is 4.43. The third-order valence-corrected chi connectivity index (χ3v) is 3.36. The maximum atomic E-state index is 11.6. The quantitative estimate of drug-likeness (QED) is 0.605. The number of aromatic carboxylic acids is 1. The smallest absolute Gasteiger partial charge is 0.339 e. The van der Waals surface area contributed by atoms with E-state index in [4.69, 9.17) is 20.9 Å². The summed E-state index contributed by atoms with van der Waals surface area (Å²) in [6.45, 7) is 0. The highest BCUT2D eigenvalue weighted by atomic mass is 16.5. The van der Waals surface area contributed by atoms with E-state index < -0.39 is 5.97 Å². The van der Waals surface area contributed by atoms with Gasteiger partial charge in [0.05, 0.1) is 0 Å². The minimum atomic E-state index is -1.13. The van der Waals surface area contributed by atoms with Crippen LogP contribution in [0.3, 0.4) is 0 Å². The van der Waals surface area contributed by atoms with Gasteiger partial charge in [-0.15, -0.1) is 0 Å². The van der Waals surface area contributed by atoms with Crippen molar-refractivity contribution in [2.45, 2.75) is 0 Å². The Labute approximate surface area is 144 Å². The van der Waals surface area contributed by atoms with Gasteiger partial charge in [-0.2, -0.15) is 0 Å². The van der Waals surface area contributed by atoms with Gasteiger partial charge < -0.3 is 26.0 Å². The summed E-state index contributed by atoms with van der Waals surface area (Å²) in [5.74, 6) is 0.394. The standard InChI is InChI=1S/C19H16N2O4/c20-12-3-1-5-14(9-12)24-16-7-8-18(17(11-16)19(22)23)25-15-6-2-4-13(21)10-15/h1-11H,20-21H2,(H,22,23). The molecule has 0 aromatic heterocycles. The number of carboxylic acids is 1. The molecule has 5 N–H and O–H groups in total. The average Bonchev–Trinajstić information content (AvgIpc) is 2.56. The number of hydrogen-bond acceptors (Lipinski definition) is 5. The molecule has 0 unspecified atom stereocenters. The predicted octanol–water partition coefficient (Wildman–Crippen LogP) is 4.13. The van der Waals surface area contributed by atoms with Crippen molar-refractivity contribution in [3.05, 3.63) is 72.3 Å². The van der Waals surface area contributed by atoms with E-state index in [0.29, 0.717) is 28.6 Å². The molecular formula is C19H16N2O4. The summed E-state index contributed by atoms with van der Waals surface area (Å²) in [7, 11) is 0. The fraction of sp³-hybridized carbons (Fsp3) is 0. The van der Waals surface area contributed by atoms with Gasteiger partial charge in [-0.1, -0.05) is 12.1 Å². The molecule has 0 heterocycles. The van der Waals surface area contributed by atoms with E-state index in [0.717, 1.165) is 0 Å². The molecule has 6 heteroatoms. The summed E-state index contributed by atoms with van der Waals surface area (Å²) in [4.78, 5) is 11.6. The molecule has 3 aromatic rings. The van der Waals surface area contributed by atoms with E-state index in [1.165, 1.54) is 12.1 Å². The van der Waals surface area contributed by atoms with Crippen LogP contribution in [-0.4, -0.2) is 11.1 Å². The van der Waals surface area contributed by atoms with Crippen LogP contribution in [0, 0.1) is 0 Å². The topological polar surface area (TPSA) is 108 Å². The summed E-state index contributed by atoms with van der Waals surface area (Å²) < 4.78 is 11.3. The first-order valence-corrected chi connectivity index (χ1v) is 7.45. The lowest BCUT2D eigenvalue weighted by Crippen LogP contribution is -2.01. The van der Waals surface area contributed by atoms with Crippen LogP contribution in [0.5, 0.6) is 23.0 Å². The van der Waals surface area contributed by atoms with E-state index in [1.54, 1.807) is 54.6 Å². The maximum Gasteiger partial charge on any atom is 0.339 e. The van der Waals surface area contributed by atoms with Gasteiger partial charge in [-0.05, 0) is 42.5 Å². The molecule has 0 aliphatic rings. The molecule has 0 bridgehead atoms. The highest BCUT2D eigenvalue weighted by Crippen LogP contribution is 2.32. The molecular weight excluding hydrogens is 320 g/mol. The summed E-state index contributed by atoms with van der Waals surface area (Å²) >= 11 is 0. The number of benzene rings is 3. The molecule has 25 heavy (non-hydrogen) atoms. The number of carboxylic acid groups (broad SMARTS) is 1. The molecule has 0 aliphatic heterocycles. The Hall–Kier alpha value is -3.67. The number of anilines is 2. The maximum absolute atomic E-state index is 11.6. The van der Waals surface area contributed by atoms with Crippen molar-refractivity contribution in [1.29, 1.82) is 0 Å². The zero-order chi connectivity index (χ0) is 17.8. The van der Waals surface area contributed by atoms with Crippen molar-refractivity contribution in [2.75, 3.05) is 11.5 Å². The summed E-state index contributed by atoms with van der Waals surface area (Å²) in [6, 6.07) is 18.2. The average molecular weight is 336 g/mol. The van der Waals surface area contributed by atoms with Crippen molar-refractivity contribution >= 4 is 17.3 Å². The Bertz CT molecular complexity index is 925. The molecule has 0 radical (unpaired) electrons. The van der Waals surface area contributed by atoms with E-state index in [1.807, 2.05) is 0 Å². The van der Waals surface area contributed by atoms with Crippen molar-refractivity contribution in [2.24, 2.45) is 0 Å². The molecule has 126 valence electrons. The molecule has 0 fully saturated rings. The van der Waals surface area contributed by atoms with Crippen LogP contribution >= 0.6 is 0 Å². The molecule has 0 amide bonds. The van der Waals surface area contributed by atoms with Gasteiger partial charge in [0.2, 0.25) is 0 Å². The van der Waals surface area contributed by atoms with E-state index in [-0.39, 0.29) is 11.3 Å². The van der Waals surface area contributed by atoms with Gasteiger partial charge >= 0.3 is 5.97 Å². The largest absolute Gasteiger partial charge is 0.478 e. The van der Waals surface area contributed by atoms with Gasteiger partial charge in [0.1, 0.15) is 28.6 Å². The fourth-order valence-corrected chi connectivity index (χ4v) is 2.25. The first kappa shape index (κ1) is 16.2. The summed E-state index contributed by atoms with van der Waals surface area (Å²) in [5, 5.41) is 9.45. The molecule has 0 aliphatic carbocycles. The lowest BCUT2D eigenvalue weighted by molar-refractivity contribution is 0.0694. The molecule has 0 spiro atoms. The number of nitrogen functional groups attached to an aromatic ring is 2. The number of carbonyl (C=O) groups is 1. The van der Waals surface area contributed by atoms with Crippen LogP contribution in [0.1, 0.15) is 10.4 Å². The van der Waals surface area contributed by atoms with Crippen LogP contribution < -0.4 is 20.9 Å². The Morgan fingerprint density at radius 3 is 1.88 bits per heavy atom. The van der Waals surface area contributed by atoms with Crippen LogP contribution in [0.25, 0.3) is 0 Å². The lowest BCUT2D eigenvalue weighted by atomic mass is 10.2. The zero-order valence-corrected chi connectivity index (χ0v) is 13.2. The molecule has 3 aromatic carbocycles. The molecule has 6 nitrogen and oxygen atoms in total. The second-order valence-corrected chi connectivity index (χ2v) is 5.31. The SMILES string of the molecule is Nc1cccc(Oc2ccc(Oc3cccc(N)c3)c(C(=O)O)c2)c1. The van der Waals surface area contributed by atoms with Crippen LogP contribution in [0.4, 0.5) is 11.4 Å². The van der Waals surface area contributed by atoms with Gasteiger partial charge in [-0.3, -0.25) is 0 Å². The first-order chi connectivity index (χ1) is 12.0. The fourth-order valence-electron chi connectivity index (χ4n) is 2.25. The van der Waals surface area contributed by atoms with E-state index in [2.05, 4.69) is 0 Å². The van der Waals surface area contributed by atoms with Crippen LogP contribution in [0.15, 0.2) is 66.7 Å². The molecule has 3 rings (SSSR count). The monoisotopic (exact) mass is 336 g/mol. The van der Waals surface area contributed by atoms with Crippen LogP contribution in [-0.2, 0) is 0 Å². The minimum Gasteiger partial charge on any atom is -0.478 e. The highest BCUT2D eigenvalue weighted by Gasteiger charge is 2.14. The third-order valence-electron chi connectivity index (χ3n) is 3.36. The van der Waals surface area contributed by atoms with Crippen molar-refractivity contribution in [3.63, 3.8) is 0 Å². The predicted molar refractivity (Wildman–Crippen MR) is 95.3 cm³/mol. The second kappa shape index (κ2) is 6.84. The number of nitrogens with two attached hydrogens (primary N) is 2. The second-order valence-electron chi connectivity index (χ2n) is 5.31. The lowest BCUT2D eigenvalue weighted by Gasteiger charge is -2.12. The van der Waals surface area contributed by atoms with Gasteiger partial charge in [0, 0.05) is 23.5 Å². The van der Waals surface area contributed by atoms with Crippen molar-refractivity contribution in [3.8, 4) is 23.0 Å². The third kappa shape index (κ3) is 4.00. The van der Waals surface area contributed by atoms with Gasteiger partial charge in [0.15, 0.2) is 0 Å². The molecule has 0 saturated heterocycles. The number of hydrogen-bond donors (Lipinski definition) is 3. The Balaban J connectivity index is 1.89. The highest BCUT2D eigenvalue weighted by molar-refractivity contribution is 5.91.